The second kappa shape index (κ2) is 4.67. The Morgan fingerprint density at radius 1 is 1.38 bits per heavy atom. The van der Waals surface area contributed by atoms with Gasteiger partial charge in [0.2, 0.25) is 0 Å². The van der Waals surface area contributed by atoms with Crippen molar-refractivity contribution in [3.8, 4) is 6.07 Å². The zero-order valence-electron chi connectivity index (χ0n) is 9.98. The molecule has 0 spiro atoms. The highest BCUT2D eigenvalue weighted by atomic mass is 15.2. The van der Waals surface area contributed by atoms with Crippen molar-refractivity contribution in [2.24, 2.45) is 7.05 Å². The maximum absolute atomic E-state index is 9.37. The fourth-order valence-electron chi connectivity index (χ4n) is 2.44. The molecule has 1 aromatic heterocycles. The molecule has 16 heavy (non-hydrogen) atoms. The first-order valence-electron chi connectivity index (χ1n) is 5.85. The van der Waals surface area contributed by atoms with Gasteiger partial charge in [0.25, 0.3) is 0 Å². The number of nitriles is 1. The number of likely N-dealkylation sites (tertiary alicyclic amines) is 1. The van der Waals surface area contributed by atoms with Gasteiger partial charge < -0.3 is 4.57 Å². The molecule has 1 unspecified atom stereocenters. The van der Waals surface area contributed by atoms with Crippen molar-refractivity contribution in [3.05, 3.63) is 17.7 Å². The van der Waals surface area contributed by atoms with Crippen LogP contribution in [0, 0.1) is 18.3 Å². The summed E-state index contributed by atoms with van der Waals surface area (Å²) in [5.41, 5.74) is 2.02. The first kappa shape index (κ1) is 11.2. The summed E-state index contributed by atoms with van der Waals surface area (Å²) < 4.78 is 1.97. The van der Waals surface area contributed by atoms with Crippen LogP contribution in [0.25, 0.3) is 0 Å². The molecular weight excluding hydrogens is 200 g/mol. The molecule has 0 aromatic carbocycles. The lowest BCUT2D eigenvalue weighted by Crippen LogP contribution is -2.34. The maximum Gasteiger partial charge on any atom is 0.140 e. The highest BCUT2D eigenvalue weighted by Gasteiger charge is 2.25. The number of rotatable bonds is 2. The van der Waals surface area contributed by atoms with Crippen molar-refractivity contribution in [2.75, 3.05) is 13.1 Å². The van der Waals surface area contributed by atoms with Crippen LogP contribution >= 0.6 is 0 Å². The van der Waals surface area contributed by atoms with E-state index in [4.69, 9.17) is 0 Å². The Morgan fingerprint density at radius 2 is 2.06 bits per heavy atom. The highest BCUT2D eigenvalue weighted by Crippen LogP contribution is 2.25. The van der Waals surface area contributed by atoms with Gasteiger partial charge in [-0.05, 0) is 32.9 Å². The van der Waals surface area contributed by atoms with Gasteiger partial charge in [-0.3, -0.25) is 4.90 Å². The van der Waals surface area contributed by atoms with Crippen molar-refractivity contribution in [3.63, 3.8) is 0 Å². The van der Waals surface area contributed by atoms with Crippen LogP contribution < -0.4 is 0 Å². The van der Waals surface area contributed by atoms with Crippen molar-refractivity contribution in [2.45, 2.75) is 32.2 Å². The molecule has 0 amide bonds. The molecule has 86 valence electrons. The molecule has 0 radical (unpaired) electrons. The van der Waals surface area contributed by atoms with Crippen LogP contribution in [0.5, 0.6) is 0 Å². The largest absolute Gasteiger partial charge is 0.335 e. The SMILES string of the molecule is Cc1ncn(C)c1C(C#N)N1CCCCC1. The van der Waals surface area contributed by atoms with Gasteiger partial charge >= 0.3 is 0 Å². The van der Waals surface area contributed by atoms with E-state index < -0.39 is 0 Å². The molecule has 1 aromatic rings. The lowest BCUT2D eigenvalue weighted by atomic mass is 10.1. The second-order valence-corrected chi connectivity index (χ2v) is 4.45. The summed E-state index contributed by atoms with van der Waals surface area (Å²) in [6.07, 6.45) is 5.49. The molecule has 1 fully saturated rings. The summed E-state index contributed by atoms with van der Waals surface area (Å²) in [5, 5.41) is 9.37. The smallest absolute Gasteiger partial charge is 0.140 e. The van der Waals surface area contributed by atoms with Gasteiger partial charge in [0.05, 0.1) is 23.8 Å². The fraction of sp³-hybridized carbons (Fsp3) is 0.667. The van der Waals surface area contributed by atoms with Crippen LogP contribution in [0.3, 0.4) is 0 Å². The molecule has 0 bridgehead atoms. The third-order valence-corrected chi connectivity index (χ3v) is 3.31. The Balaban J connectivity index is 2.25. The Hall–Kier alpha value is -1.34. The summed E-state index contributed by atoms with van der Waals surface area (Å²) in [6.45, 7) is 4.04. The molecule has 4 nitrogen and oxygen atoms in total. The Bertz CT molecular complexity index is 376. The molecule has 0 saturated carbocycles. The van der Waals surface area contributed by atoms with E-state index in [1.165, 1.54) is 19.3 Å². The number of hydrogen-bond acceptors (Lipinski definition) is 3. The zero-order valence-corrected chi connectivity index (χ0v) is 9.98. The number of nitrogens with zero attached hydrogens (tertiary/aromatic N) is 4. The monoisotopic (exact) mass is 218 g/mol. The molecule has 1 aliphatic rings. The van der Waals surface area contributed by atoms with E-state index in [-0.39, 0.29) is 6.04 Å². The lowest BCUT2D eigenvalue weighted by molar-refractivity contribution is 0.191. The second-order valence-electron chi connectivity index (χ2n) is 4.45. The molecule has 4 heteroatoms. The van der Waals surface area contributed by atoms with E-state index >= 15 is 0 Å². The van der Waals surface area contributed by atoms with Gasteiger partial charge in [-0.1, -0.05) is 6.42 Å². The average molecular weight is 218 g/mol. The minimum Gasteiger partial charge on any atom is -0.335 e. The molecule has 0 N–H and O–H groups in total. The number of imidazole rings is 1. The predicted molar refractivity (Wildman–Crippen MR) is 61.7 cm³/mol. The summed E-state index contributed by atoms with van der Waals surface area (Å²) in [4.78, 5) is 6.54. The van der Waals surface area contributed by atoms with E-state index in [9.17, 15) is 5.26 Å². The van der Waals surface area contributed by atoms with E-state index in [2.05, 4.69) is 16.0 Å². The first-order chi connectivity index (χ1) is 7.74. The summed E-state index contributed by atoms with van der Waals surface area (Å²) in [5.74, 6) is 0. The molecular formula is C12H18N4. The number of aromatic nitrogens is 2. The minimum absolute atomic E-state index is 0.132. The van der Waals surface area contributed by atoms with E-state index in [0.717, 1.165) is 24.5 Å². The molecule has 0 aliphatic carbocycles. The van der Waals surface area contributed by atoms with E-state index in [0.29, 0.717) is 0 Å². The molecule has 1 saturated heterocycles. The van der Waals surface area contributed by atoms with Gasteiger partial charge in [-0.15, -0.1) is 0 Å². The molecule has 2 rings (SSSR count). The van der Waals surface area contributed by atoms with E-state index in [1.54, 1.807) is 6.33 Å². The third-order valence-electron chi connectivity index (χ3n) is 3.31. The topological polar surface area (TPSA) is 44.9 Å². The van der Waals surface area contributed by atoms with Gasteiger partial charge in [-0.2, -0.15) is 5.26 Å². The van der Waals surface area contributed by atoms with Crippen LogP contribution in [0.4, 0.5) is 0 Å². The van der Waals surface area contributed by atoms with Crippen molar-refractivity contribution < 1.29 is 0 Å². The van der Waals surface area contributed by atoms with Crippen LogP contribution in [-0.4, -0.2) is 27.5 Å². The average Bonchev–Trinajstić information content (AvgIpc) is 2.63. The third kappa shape index (κ3) is 1.96. The van der Waals surface area contributed by atoms with Gasteiger partial charge in [0.1, 0.15) is 6.04 Å². The summed E-state index contributed by atoms with van der Waals surface area (Å²) in [6, 6.07) is 2.29. The standard InChI is InChI=1S/C12H18N4/c1-10-12(15(2)9-14-10)11(8-13)16-6-4-3-5-7-16/h9,11H,3-7H2,1-2H3. The highest BCUT2D eigenvalue weighted by molar-refractivity contribution is 5.22. The zero-order chi connectivity index (χ0) is 11.5. The minimum atomic E-state index is -0.132. The number of hydrogen-bond donors (Lipinski definition) is 0. The Kier molecular flexibility index (Phi) is 3.25. The Labute approximate surface area is 96.5 Å². The van der Waals surface area contributed by atoms with Crippen molar-refractivity contribution in [1.82, 2.24) is 14.5 Å². The Morgan fingerprint density at radius 3 is 2.56 bits per heavy atom. The molecule has 1 atom stereocenters. The first-order valence-corrected chi connectivity index (χ1v) is 5.85. The predicted octanol–water partition coefficient (Wildman–Crippen LogP) is 1.78. The fourth-order valence-corrected chi connectivity index (χ4v) is 2.44. The lowest BCUT2D eigenvalue weighted by Gasteiger charge is -2.30. The number of piperidine rings is 1. The van der Waals surface area contributed by atoms with Crippen LogP contribution in [0.2, 0.25) is 0 Å². The van der Waals surface area contributed by atoms with Crippen LogP contribution in [0.1, 0.15) is 36.7 Å². The van der Waals surface area contributed by atoms with Crippen LogP contribution in [0.15, 0.2) is 6.33 Å². The van der Waals surface area contributed by atoms with Crippen molar-refractivity contribution >= 4 is 0 Å². The maximum atomic E-state index is 9.37. The van der Waals surface area contributed by atoms with Gasteiger partial charge in [0, 0.05) is 7.05 Å². The van der Waals surface area contributed by atoms with Crippen LogP contribution in [-0.2, 0) is 7.05 Å². The van der Waals surface area contributed by atoms with E-state index in [1.807, 2.05) is 18.5 Å². The van der Waals surface area contributed by atoms with Gasteiger partial charge in [-0.25, -0.2) is 4.98 Å². The van der Waals surface area contributed by atoms with Crippen molar-refractivity contribution in [1.29, 1.82) is 5.26 Å². The molecule has 1 aliphatic heterocycles. The quantitative estimate of drug-likeness (QED) is 0.760. The molecule has 2 heterocycles. The normalized spacial score (nSPS) is 19.3. The summed E-state index contributed by atoms with van der Waals surface area (Å²) in [7, 11) is 1.96. The number of aryl methyl sites for hydroxylation is 2. The van der Waals surface area contributed by atoms with Gasteiger partial charge in [0.15, 0.2) is 0 Å². The summed E-state index contributed by atoms with van der Waals surface area (Å²) >= 11 is 0.